The van der Waals surface area contributed by atoms with E-state index in [1.54, 1.807) is 6.08 Å². The molecule has 15 heavy (non-hydrogen) atoms. The zero-order valence-corrected chi connectivity index (χ0v) is 8.56. The van der Waals surface area contributed by atoms with Crippen LogP contribution in [-0.4, -0.2) is 6.04 Å². The predicted octanol–water partition coefficient (Wildman–Crippen LogP) is 2.92. The molecule has 0 aliphatic rings. The summed E-state index contributed by atoms with van der Waals surface area (Å²) >= 11 is 0. The van der Waals surface area contributed by atoms with E-state index >= 15 is 0 Å². The number of halogens is 2. The second-order valence-electron chi connectivity index (χ2n) is 3.42. The van der Waals surface area contributed by atoms with Crippen LogP contribution in [0.25, 0.3) is 0 Å². The summed E-state index contributed by atoms with van der Waals surface area (Å²) in [5, 5.41) is 2.92. The average molecular weight is 212 g/mol. The molecule has 1 aromatic rings. The van der Waals surface area contributed by atoms with Gasteiger partial charge in [-0.15, -0.1) is 6.58 Å². The van der Waals surface area contributed by atoms with E-state index in [1.165, 1.54) is 6.07 Å². The van der Waals surface area contributed by atoms with Gasteiger partial charge in [-0.2, -0.15) is 0 Å². The Balaban J connectivity index is 2.89. The monoisotopic (exact) mass is 212 g/mol. The van der Waals surface area contributed by atoms with E-state index in [0.717, 1.165) is 6.07 Å². The number of hydrogen-bond acceptors (Lipinski definition) is 2. The minimum atomic E-state index is -0.747. The smallest absolute Gasteiger partial charge is 0.151 e. The molecule has 82 valence electrons. The normalized spacial score (nSPS) is 12.2. The van der Waals surface area contributed by atoms with E-state index in [2.05, 4.69) is 11.9 Å². The lowest BCUT2D eigenvalue weighted by atomic mass is 10.2. The zero-order chi connectivity index (χ0) is 11.4. The van der Waals surface area contributed by atoms with Crippen LogP contribution in [0, 0.1) is 11.6 Å². The highest BCUT2D eigenvalue weighted by atomic mass is 19.1. The second-order valence-corrected chi connectivity index (χ2v) is 3.42. The van der Waals surface area contributed by atoms with Gasteiger partial charge in [-0.25, -0.2) is 8.78 Å². The van der Waals surface area contributed by atoms with Crippen LogP contribution in [0.15, 0.2) is 24.8 Å². The molecule has 2 nitrogen and oxygen atoms in total. The Kier molecular flexibility index (Phi) is 3.66. The fraction of sp³-hybridized carbons (Fsp3) is 0.273. The van der Waals surface area contributed by atoms with Crippen LogP contribution >= 0.6 is 0 Å². The Hall–Kier alpha value is -1.58. The third kappa shape index (κ3) is 2.94. The molecule has 1 atom stereocenters. The van der Waals surface area contributed by atoms with Gasteiger partial charge in [0.15, 0.2) is 5.82 Å². The van der Waals surface area contributed by atoms with Crippen LogP contribution < -0.4 is 11.1 Å². The summed E-state index contributed by atoms with van der Waals surface area (Å²) in [5.74, 6) is -1.39. The van der Waals surface area contributed by atoms with Gasteiger partial charge in [-0.1, -0.05) is 6.08 Å². The van der Waals surface area contributed by atoms with Crippen molar-refractivity contribution >= 4 is 11.4 Å². The minimum Gasteiger partial charge on any atom is -0.395 e. The third-order valence-electron chi connectivity index (χ3n) is 2.02. The van der Waals surface area contributed by atoms with Gasteiger partial charge in [0.1, 0.15) is 5.82 Å². The van der Waals surface area contributed by atoms with Gasteiger partial charge in [0, 0.05) is 12.1 Å². The average Bonchev–Trinajstić information content (AvgIpc) is 2.13. The van der Waals surface area contributed by atoms with E-state index < -0.39 is 11.6 Å². The highest BCUT2D eigenvalue weighted by molar-refractivity contribution is 5.67. The zero-order valence-electron chi connectivity index (χ0n) is 8.56. The van der Waals surface area contributed by atoms with Crippen molar-refractivity contribution in [3.8, 4) is 0 Å². The van der Waals surface area contributed by atoms with Crippen LogP contribution in [0.4, 0.5) is 20.2 Å². The molecule has 1 rings (SSSR count). The van der Waals surface area contributed by atoms with Crippen molar-refractivity contribution in [2.75, 3.05) is 11.1 Å². The first-order valence-corrected chi connectivity index (χ1v) is 4.66. The highest BCUT2D eigenvalue weighted by Gasteiger charge is 2.09. The molecule has 0 spiro atoms. The summed E-state index contributed by atoms with van der Waals surface area (Å²) in [5.41, 5.74) is 5.68. The molecular weight excluding hydrogens is 198 g/mol. The van der Waals surface area contributed by atoms with Crippen molar-refractivity contribution in [1.29, 1.82) is 0 Å². The Labute approximate surface area is 87.8 Å². The lowest BCUT2D eigenvalue weighted by Crippen LogP contribution is -2.15. The SMILES string of the molecule is C=CCC(C)Nc1cc(F)cc(F)c1N. The Bertz CT molecular complexity index is 364. The minimum absolute atomic E-state index is 0.0333. The highest BCUT2D eigenvalue weighted by Crippen LogP contribution is 2.24. The van der Waals surface area contributed by atoms with Gasteiger partial charge >= 0.3 is 0 Å². The van der Waals surface area contributed by atoms with Crippen molar-refractivity contribution in [3.63, 3.8) is 0 Å². The number of rotatable bonds is 4. The molecule has 0 fully saturated rings. The Morgan fingerprint density at radius 2 is 2.20 bits per heavy atom. The fourth-order valence-corrected chi connectivity index (χ4v) is 1.28. The molecule has 4 heteroatoms. The molecule has 0 aliphatic heterocycles. The second kappa shape index (κ2) is 4.77. The van der Waals surface area contributed by atoms with Gasteiger partial charge in [0.2, 0.25) is 0 Å². The topological polar surface area (TPSA) is 38.0 Å². The number of anilines is 2. The molecule has 0 bridgehead atoms. The van der Waals surface area contributed by atoms with Crippen molar-refractivity contribution in [3.05, 3.63) is 36.4 Å². The summed E-state index contributed by atoms with van der Waals surface area (Å²) in [6.07, 6.45) is 2.42. The van der Waals surface area contributed by atoms with Crippen LogP contribution in [0.2, 0.25) is 0 Å². The molecule has 0 heterocycles. The van der Waals surface area contributed by atoms with Gasteiger partial charge in [-0.3, -0.25) is 0 Å². The van der Waals surface area contributed by atoms with E-state index in [1.807, 2.05) is 6.92 Å². The summed E-state index contributed by atoms with van der Waals surface area (Å²) < 4.78 is 25.9. The standard InChI is InChI=1S/C11H14F2N2/c1-3-4-7(2)15-10-6-8(12)5-9(13)11(10)14/h3,5-7,15H,1,4,14H2,2H3. The predicted molar refractivity (Wildman–Crippen MR) is 58.7 cm³/mol. The first-order valence-electron chi connectivity index (χ1n) is 4.66. The summed E-state index contributed by atoms with van der Waals surface area (Å²) in [6, 6.07) is 1.97. The largest absolute Gasteiger partial charge is 0.395 e. The van der Waals surface area contributed by atoms with Crippen molar-refractivity contribution in [2.24, 2.45) is 0 Å². The van der Waals surface area contributed by atoms with Crippen molar-refractivity contribution in [1.82, 2.24) is 0 Å². The van der Waals surface area contributed by atoms with Gasteiger partial charge < -0.3 is 11.1 Å². The van der Waals surface area contributed by atoms with Gasteiger partial charge in [0.05, 0.1) is 11.4 Å². The molecular formula is C11H14F2N2. The van der Waals surface area contributed by atoms with Crippen LogP contribution in [-0.2, 0) is 0 Å². The molecule has 0 aromatic heterocycles. The maximum absolute atomic E-state index is 13.1. The number of nitrogens with one attached hydrogen (secondary N) is 1. The number of nitrogens with two attached hydrogens (primary N) is 1. The first kappa shape index (κ1) is 11.5. The molecule has 0 aliphatic carbocycles. The maximum Gasteiger partial charge on any atom is 0.151 e. The van der Waals surface area contributed by atoms with Crippen LogP contribution in [0.5, 0.6) is 0 Å². The number of nitrogen functional groups attached to an aromatic ring is 1. The van der Waals surface area contributed by atoms with Gasteiger partial charge in [0.25, 0.3) is 0 Å². The Morgan fingerprint density at radius 3 is 2.80 bits per heavy atom. The van der Waals surface area contributed by atoms with E-state index in [4.69, 9.17) is 5.73 Å². The van der Waals surface area contributed by atoms with Crippen molar-refractivity contribution in [2.45, 2.75) is 19.4 Å². The number of hydrogen-bond donors (Lipinski definition) is 2. The molecule has 1 unspecified atom stereocenters. The quantitative estimate of drug-likeness (QED) is 0.595. The lowest BCUT2D eigenvalue weighted by Gasteiger charge is -2.15. The lowest BCUT2D eigenvalue weighted by molar-refractivity contribution is 0.586. The molecule has 0 saturated carbocycles. The molecule has 0 amide bonds. The maximum atomic E-state index is 13.1. The molecule has 1 aromatic carbocycles. The summed E-state index contributed by atoms with van der Waals surface area (Å²) in [7, 11) is 0. The fourth-order valence-electron chi connectivity index (χ4n) is 1.28. The van der Waals surface area contributed by atoms with Crippen molar-refractivity contribution < 1.29 is 8.78 Å². The van der Waals surface area contributed by atoms with E-state index in [0.29, 0.717) is 6.42 Å². The van der Waals surface area contributed by atoms with Crippen LogP contribution in [0.1, 0.15) is 13.3 Å². The molecule has 0 radical (unpaired) electrons. The Morgan fingerprint density at radius 1 is 1.53 bits per heavy atom. The summed E-state index contributed by atoms with van der Waals surface area (Å²) in [6.45, 7) is 5.46. The molecule has 0 saturated heterocycles. The van der Waals surface area contributed by atoms with E-state index in [-0.39, 0.29) is 17.4 Å². The third-order valence-corrected chi connectivity index (χ3v) is 2.02. The van der Waals surface area contributed by atoms with Crippen LogP contribution in [0.3, 0.4) is 0 Å². The van der Waals surface area contributed by atoms with E-state index in [9.17, 15) is 8.78 Å². The number of benzene rings is 1. The molecule has 3 N–H and O–H groups in total. The first-order chi connectivity index (χ1) is 7.04. The van der Waals surface area contributed by atoms with Gasteiger partial charge in [-0.05, 0) is 19.4 Å². The summed E-state index contributed by atoms with van der Waals surface area (Å²) in [4.78, 5) is 0.